The fraction of sp³-hybridized carbons (Fsp3) is 0.273. The van der Waals surface area contributed by atoms with Gasteiger partial charge in [-0.2, -0.15) is 5.10 Å². The maximum atomic E-state index is 5.29. The Kier molecular flexibility index (Phi) is 4.71. The molecule has 92 valence electrons. The van der Waals surface area contributed by atoms with Gasteiger partial charge in [0.15, 0.2) is 16.6 Å². The molecule has 0 radical (unpaired) electrons. The maximum Gasteiger partial charge on any atom is 0.184 e. The van der Waals surface area contributed by atoms with Gasteiger partial charge >= 0.3 is 0 Å². The SMILES string of the molecule is COc1ccc(/C(C)=N/NC(N)=S)cc1OC. The van der Waals surface area contributed by atoms with Crippen LogP contribution in [-0.2, 0) is 0 Å². The minimum Gasteiger partial charge on any atom is -0.493 e. The smallest absolute Gasteiger partial charge is 0.184 e. The molecule has 0 aliphatic rings. The van der Waals surface area contributed by atoms with Crippen molar-refractivity contribution in [1.82, 2.24) is 5.43 Å². The van der Waals surface area contributed by atoms with Crippen molar-refractivity contribution in [2.24, 2.45) is 10.8 Å². The van der Waals surface area contributed by atoms with Crippen molar-refractivity contribution in [3.05, 3.63) is 23.8 Å². The molecule has 0 aromatic heterocycles. The molecule has 0 unspecified atom stereocenters. The van der Waals surface area contributed by atoms with Gasteiger partial charge in [-0.25, -0.2) is 0 Å². The monoisotopic (exact) mass is 253 g/mol. The Bertz CT molecular complexity index is 446. The molecule has 0 bridgehead atoms. The topological polar surface area (TPSA) is 68.9 Å². The summed E-state index contributed by atoms with van der Waals surface area (Å²) in [6.07, 6.45) is 0. The first-order valence-electron chi connectivity index (χ1n) is 4.90. The van der Waals surface area contributed by atoms with Gasteiger partial charge in [-0.3, -0.25) is 5.43 Å². The number of thiocarbonyl (C=S) groups is 1. The van der Waals surface area contributed by atoms with E-state index in [-0.39, 0.29) is 5.11 Å². The molecule has 1 aromatic rings. The second kappa shape index (κ2) is 6.05. The van der Waals surface area contributed by atoms with Crippen LogP contribution >= 0.6 is 12.2 Å². The van der Waals surface area contributed by atoms with Crippen LogP contribution in [0.3, 0.4) is 0 Å². The molecule has 0 amide bonds. The Balaban J connectivity index is 2.99. The van der Waals surface area contributed by atoms with Crippen molar-refractivity contribution in [2.45, 2.75) is 6.92 Å². The molecule has 6 heteroatoms. The third-order valence-corrected chi connectivity index (χ3v) is 2.23. The third kappa shape index (κ3) is 3.60. The molecule has 3 N–H and O–H groups in total. The number of nitrogens with zero attached hydrogens (tertiary/aromatic N) is 1. The van der Waals surface area contributed by atoms with Gasteiger partial charge in [-0.15, -0.1) is 0 Å². The number of hydrogen-bond acceptors (Lipinski definition) is 4. The van der Waals surface area contributed by atoms with Gasteiger partial charge in [0.1, 0.15) is 0 Å². The van der Waals surface area contributed by atoms with Gasteiger partial charge in [0.2, 0.25) is 0 Å². The Labute approximate surface area is 106 Å². The Hall–Kier alpha value is -1.82. The lowest BCUT2D eigenvalue weighted by Gasteiger charge is -2.09. The lowest BCUT2D eigenvalue weighted by molar-refractivity contribution is 0.355. The highest BCUT2D eigenvalue weighted by Crippen LogP contribution is 2.27. The van der Waals surface area contributed by atoms with Crippen LogP contribution in [0.25, 0.3) is 0 Å². The maximum absolute atomic E-state index is 5.29. The summed E-state index contributed by atoms with van der Waals surface area (Å²) >= 11 is 4.67. The third-order valence-electron chi connectivity index (χ3n) is 2.14. The second-order valence-corrected chi connectivity index (χ2v) is 3.68. The number of hydrogen-bond donors (Lipinski definition) is 2. The zero-order valence-electron chi connectivity index (χ0n) is 9.98. The number of hydrazone groups is 1. The van der Waals surface area contributed by atoms with E-state index in [1.807, 2.05) is 25.1 Å². The summed E-state index contributed by atoms with van der Waals surface area (Å²) in [7, 11) is 3.17. The molecule has 5 nitrogen and oxygen atoms in total. The first-order valence-corrected chi connectivity index (χ1v) is 5.31. The average Bonchev–Trinajstić information content (AvgIpc) is 2.34. The minimum absolute atomic E-state index is 0.129. The number of rotatable bonds is 4. The Morgan fingerprint density at radius 2 is 1.94 bits per heavy atom. The van der Waals surface area contributed by atoms with E-state index in [0.29, 0.717) is 11.5 Å². The largest absolute Gasteiger partial charge is 0.493 e. The molecule has 0 saturated heterocycles. The minimum atomic E-state index is 0.129. The van der Waals surface area contributed by atoms with Crippen LogP contribution in [0.5, 0.6) is 11.5 Å². The summed E-state index contributed by atoms with van der Waals surface area (Å²) in [5, 5.41) is 4.16. The van der Waals surface area contributed by atoms with E-state index in [0.717, 1.165) is 11.3 Å². The van der Waals surface area contributed by atoms with Crippen LogP contribution in [0.15, 0.2) is 23.3 Å². The molecule has 0 aliphatic heterocycles. The highest BCUT2D eigenvalue weighted by atomic mass is 32.1. The van der Waals surface area contributed by atoms with Crippen molar-refractivity contribution in [1.29, 1.82) is 0 Å². The van der Waals surface area contributed by atoms with Gasteiger partial charge in [-0.1, -0.05) is 0 Å². The first kappa shape index (κ1) is 13.2. The van der Waals surface area contributed by atoms with E-state index in [9.17, 15) is 0 Å². The molecule has 17 heavy (non-hydrogen) atoms. The molecule has 0 spiro atoms. The van der Waals surface area contributed by atoms with Crippen LogP contribution in [0.2, 0.25) is 0 Å². The molecule has 0 heterocycles. The van der Waals surface area contributed by atoms with Crippen molar-refractivity contribution in [3.8, 4) is 11.5 Å². The molecular formula is C11H15N3O2S. The number of methoxy groups -OCH3 is 2. The van der Waals surface area contributed by atoms with Crippen LogP contribution in [0, 0.1) is 0 Å². The van der Waals surface area contributed by atoms with Crippen LogP contribution in [-0.4, -0.2) is 25.0 Å². The van der Waals surface area contributed by atoms with Crippen LogP contribution < -0.4 is 20.6 Å². The summed E-state index contributed by atoms with van der Waals surface area (Å²) in [6.45, 7) is 1.84. The Morgan fingerprint density at radius 3 is 2.47 bits per heavy atom. The predicted molar refractivity (Wildman–Crippen MR) is 71.7 cm³/mol. The molecule has 0 saturated carbocycles. The van der Waals surface area contributed by atoms with E-state index < -0.39 is 0 Å². The summed E-state index contributed by atoms with van der Waals surface area (Å²) in [5.74, 6) is 1.32. The summed E-state index contributed by atoms with van der Waals surface area (Å²) in [6, 6.07) is 5.52. The van der Waals surface area contributed by atoms with Gasteiger partial charge < -0.3 is 15.2 Å². The van der Waals surface area contributed by atoms with Crippen molar-refractivity contribution in [3.63, 3.8) is 0 Å². The molecular weight excluding hydrogens is 238 g/mol. The normalized spacial score (nSPS) is 10.9. The molecule has 0 aliphatic carbocycles. The highest BCUT2D eigenvalue weighted by molar-refractivity contribution is 7.80. The number of ether oxygens (including phenoxy) is 2. The fourth-order valence-corrected chi connectivity index (χ4v) is 1.31. The van der Waals surface area contributed by atoms with Gasteiger partial charge in [0, 0.05) is 5.56 Å². The Morgan fingerprint density at radius 1 is 1.29 bits per heavy atom. The number of nitrogens with two attached hydrogens (primary N) is 1. The van der Waals surface area contributed by atoms with Crippen LogP contribution in [0.1, 0.15) is 12.5 Å². The zero-order chi connectivity index (χ0) is 12.8. The highest BCUT2D eigenvalue weighted by Gasteiger charge is 2.06. The molecule has 1 aromatic carbocycles. The van der Waals surface area contributed by atoms with Crippen molar-refractivity contribution in [2.75, 3.05) is 14.2 Å². The van der Waals surface area contributed by atoms with Crippen molar-refractivity contribution < 1.29 is 9.47 Å². The van der Waals surface area contributed by atoms with Crippen molar-refractivity contribution >= 4 is 23.0 Å². The molecule has 1 rings (SSSR count). The standard InChI is InChI=1S/C11H15N3O2S/c1-7(13-14-11(12)17)8-4-5-9(15-2)10(6-8)16-3/h4-6H,1-3H3,(H3,12,14,17)/b13-7+. The van der Waals surface area contributed by atoms with E-state index in [1.54, 1.807) is 14.2 Å². The van der Waals surface area contributed by atoms with Crippen LogP contribution in [0.4, 0.5) is 0 Å². The summed E-state index contributed by atoms with van der Waals surface area (Å²) in [5.41, 5.74) is 9.47. The summed E-state index contributed by atoms with van der Waals surface area (Å²) in [4.78, 5) is 0. The quantitative estimate of drug-likeness (QED) is 0.480. The van der Waals surface area contributed by atoms with Gasteiger partial charge in [-0.05, 0) is 37.3 Å². The van der Waals surface area contributed by atoms with E-state index in [4.69, 9.17) is 15.2 Å². The average molecular weight is 253 g/mol. The van der Waals surface area contributed by atoms with E-state index in [1.165, 1.54) is 0 Å². The number of nitrogens with one attached hydrogen (secondary N) is 1. The lowest BCUT2D eigenvalue weighted by atomic mass is 10.1. The number of benzene rings is 1. The van der Waals surface area contributed by atoms with Gasteiger partial charge in [0.25, 0.3) is 0 Å². The molecule has 0 atom stereocenters. The van der Waals surface area contributed by atoms with Gasteiger partial charge in [0.05, 0.1) is 19.9 Å². The summed E-state index contributed by atoms with van der Waals surface area (Å²) < 4.78 is 10.3. The predicted octanol–water partition coefficient (Wildman–Crippen LogP) is 1.26. The van der Waals surface area contributed by atoms with E-state index >= 15 is 0 Å². The fourth-order valence-electron chi connectivity index (χ4n) is 1.26. The molecule has 0 fully saturated rings. The zero-order valence-corrected chi connectivity index (χ0v) is 10.8. The lowest BCUT2D eigenvalue weighted by Crippen LogP contribution is -2.25. The second-order valence-electron chi connectivity index (χ2n) is 3.24. The van der Waals surface area contributed by atoms with E-state index in [2.05, 4.69) is 22.7 Å². The first-order chi connectivity index (χ1) is 8.08.